The van der Waals surface area contributed by atoms with E-state index in [-0.39, 0.29) is 5.41 Å². The summed E-state index contributed by atoms with van der Waals surface area (Å²) in [6.45, 7) is 4.92. The molecule has 0 N–H and O–H groups in total. The summed E-state index contributed by atoms with van der Waals surface area (Å²) in [6, 6.07) is 51.1. The van der Waals surface area contributed by atoms with Gasteiger partial charge >= 0.3 is 0 Å². The smallest absolute Gasteiger partial charge is 0.164 e. The highest BCUT2D eigenvalue weighted by Gasteiger charge is 2.45. The SMILES string of the molecule is C[C@@H]1CC2C[C@H](C)CC(c3ccc(-c4cc(-c5ccc6ccc(C#N)cc6c5)cc(-c5nc(-c6ccccc6)nc(-c6ccccc6)n5)c4)cc3)(C2)C1. The van der Waals surface area contributed by atoms with Gasteiger partial charge < -0.3 is 0 Å². The first kappa shape index (κ1) is 33.0. The Hall–Kier alpha value is -5.92. The van der Waals surface area contributed by atoms with Crippen LogP contribution < -0.4 is 0 Å². The molecule has 0 spiro atoms. The number of nitrogens with zero attached hydrogens (tertiary/aromatic N) is 4. The van der Waals surface area contributed by atoms with Crippen molar-refractivity contribution in [3.63, 3.8) is 0 Å². The first-order chi connectivity index (χ1) is 25.9. The van der Waals surface area contributed by atoms with Crippen LogP contribution in [0.2, 0.25) is 0 Å². The second-order valence-corrected chi connectivity index (χ2v) is 15.7. The van der Waals surface area contributed by atoms with Crippen LogP contribution in [0.1, 0.15) is 57.1 Å². The van der Waals surface area contributed by atoms with E-state index in [1.165, 1.54) is 43.2 Å². The molecule has 2 aliphatic rings. The van der Waals surface area contributed by atoms with Crippen molar-refractivity contribution in [2.24, 2.45) is 17.8 Å². The topological polar surface area (TPSA) is 62.5 Å². The van der Waals surface area contributed by atoms with Gasteiger partial charge in [0.1, 0.15) is 0 Å². The normalized spacial score (nSPS) is 20.9. The van der Waals surface area contributed by atoms with E-state index >= 15 is 0 Å². The van der Waals surface area contributed by atoms with E-state index in [0.717, 1.165) is 61.9 Å². The highest BCUT2D eigenvalue weighted by molar-refractivity contribution is 5.90. The summed E-state index contributed by atoms with van der Waals surface area (Å²) < 4.78 is 0. The number of rotatable bonds is 6. The van der Waals surface area contributed by atoms with Gasteiger partial charge in [0.15, 0.2) is 17.5 Å². The first-order valence-electron chi connectivity index (χ1n) is 19.0. The number of fused-ring (bicyclic) bond motifs is 3. The lowest BCUT2D eigenvalue weighted by Gasteiger charge is -2.50. The van der Waals surface area contributed by atoms with Crippen LogP contribution in [0.15, 0.2) is 140 Å². The fourth-order valence-corrected chi connectivity index (χ4v) is 9.60. The van der Waals surface area contributed by atoms with Crippen LogP contribution in [0.4, 0.5) is 0 Å². The zero-order chi connectivity index (χ0) is 35.9. The van der Waals surface area contributed by atoms with Crippen LogP contribution in [0.25, 0.3) is 67.2 Å². The molecule has 0 radical (unpaired) electrons. The van der Waals surface area contributed by atoms with Gasteiger partial charge in [-0.1, -0.05) is 117 Å². The molecule has 2 saturated carbocycles. The average molecular weight is 687 g/mol. The van der Waals surface area contributed by atoms with Gasteiger partial charge in [-0.25, -0.2) is 15.0 Å². The summed E-state index contributed by atoms with van der Waals surface area (Å²) in [7, 11) is 0. The maximum Gasteiger partial charge on any atom is 0.164 e. The second-order valence-electron chi connectivity index (χ2n) is 15.7. The van der Waals surface area contributed by atoms with Gasteiger partial charge in [0.25, 0.3) is 0 Å². The quantitative estimate of drug-likeness (QED) is 0.175. The Balaban J connectivity index is 1.20. The van der Waals surface area contributed by atoms with E-state index in [1.807, 2.05) is 78.9 Å². The minimum atomic E-state index is 0.283. The molecule has 9 rings (SSSR count). The van der Waals surface area contributed by atoms with Crippen LogP contribution in [-0.2, 0) is 5.41 Å². The van der Waals surface area contributed by atoms with Crippen molar-refractivity contribution in [3.05, 3.63) is 151 Å². The van der Waals surface area contributed by atoms with Crippen molar-refractivity contribution in [3.8, 4) is 62.5 Å². The lowest BCUT2D eigenvalue weighted by molar-refractivity contribution is 0.0780. The summed E-state index contributed by atoms with van der Waals surface area (Å²) in [5.74, 6) is 4.29. The highest BCUT2D eigenvalue weighted by atomic mass is 15.0. The monoisotopic (exact) mass is 686 g/mol. The minimum absolute atomic E-state index is 0.283. The molecule has 4 nitrogen and oxygen atoms in total. The first-order valence-corrected chi connectivity index (χ1v) is 19.0. The van der Waals surface area contributed by atoms with Crippen LogP contribution in [0.3, 0.4) is 0 Å². The molecule has 0 amide bonds. The van der Waals surface area contributed by atoms with Gasteiger partial charge in [0.05, 0.1) is 11.6 Å². The molecule has 0 saturated heterocycles. The lowest BCUT2D eigenvalue weighted by Crippen LogP contribution is -2.42. The van der Waals surface area contributed by atoms with E-state index in [4.69, 9.17) is 15.0 Å². The van der Waals surface area contributed by atoms with E-state index < -0.39 is 0 Å². The molecule has 2 aliphatic carbocycles. The van der Waals surface area contributed by atoms with Crippen LogP contribution >= 0.6 is 0 Å². The predicted molar refractivity (Wildman–Crippen MR) is 216 cm³/mol. The molecule has 4 atom stereocenters. The van der Waals surface area contributed by atoms with Gasteiger partial charge in [0.2, 0.25) is 0 Å². The summed E-state index contributed by atoms with van der Waals surface area (Å²) >= 11 is 0. The van der Waals surface area contributed by atoms with Crippen molar-refractivity contribution >= 4 is 10.8 Å². The molecule has 2 fully saturated rings. The molecule has 0 aliphatic heterocycles. The Labute approximate surface area is 312 Å². The molecule has 1 aromatic heterocycles. The van der Waals surface area contributed by atoms with Crippen molar-refractivity contribution < 1.29 is 0 Å². The number of hydrogen-bond donors (Lipinski definition) is 0. The van der Waals surface area contributed by atoms with Gasteiger partial charge in [-0.2, -0.15) is 5.26 Å². The Morgan fingerprint density at radius 2 is 1.02 bits per heavy atom. The molecule has 53 heavy (non-hydrogen) atoms. The van der Waals surface area contributed by atoms with Crippen LogP contribution in [-0.4, -0.2) is 15.0 Å². The Morgan fingerprint density at radius 3 is 1.62 bits per heavy atom. The predicted octanol–water partition coefficient (Wildman–Crippen LogP) is 12.3. The Bertz CT molecular complexity index is 2400. The number of hydrogen-bond acceptors (Lipinski definition) is 4. The van der Waals surface area contributed by atoms with Crippen LogP contribution in [0, 0.1) is 29.1 Å². The van der Waals surface area contributed by atoms with Gasteiger partial charge in [-0.3, -0.25) is 0 Å². The molecular formula is C49H42N4. The molecule has 258 valence electrons. The molecule has 4 heteroatoms. The van der Waals surface area contributed by atoms with Crippen LogP contribution in [0.5, 0.6) is 0 Å². The van der Waals surface area contributed by atoms with E-state index in [2.05, 4.69) is 80.6 Å². The molecule has 6 aromatic carbocycles. The lowest BCUT2D eigenvalue weighted by atomic mass is 9.54. The zero-order valence-corrected chi connectivity index (χ0v) is 30.3. The number of benzene rings is 6. The van der Waals surface area contributed by atoms with Crippen molar-refractivity contribution in [2.45, 2.75) is 51.4 Å². The van der Waals surface area contributed by atoms with Gasteiger partial charge in [-0.05, 0) is 130 Å². The third kappa shape index (κ3) is 6.53. The van der Waals surface area contributed by atoms with Crippen molar-refractivity contribution in [1.82, 2.24) is 15.0 Å². The van der Waals surface area contributed by atoms with Crippen molar-refractivity contribution in [1.29, 1.82) is 5.26 Å². The third-order valence-corrected chi connectivity index (χ3v) is 11.7. The van der Waals surface area contributed by atoms with Gasteiger partial charge in [-0.15, -0.1) is 0 Å². The Kier molecular flexibility index (Phi) is 8.43. The second kappa shape index (κ2) is 13.6. The molecule has 2 unspecified atom stereocenters. The standard InChI is InChI=1S/C49H42N4/c1-32-21-35-22-33(2)29-49(28-32,30-35)45-19-17-37(18-20-45)42-25-43(40-16-15-36-14-13-34(31-50)23-41(36)24-40)27-44(26-42)48-52-46(38-9-5-3-6-10-38)51-47(53-48)39-11-7-4-8-12-39/h3-20,23-27,32-33,35H,21-22,28-30H2,1-2H3/t32-,33+,35?,49?. The van der Waals surface area contributed by atoms with E-state index in [1.54, 1.807) is 0 Å². The molecular weight excluding hydrogens is 645 g/mol. The summed E-state index contributed by atoms with van der Waals surface area (Å²) in [5, 5.41) is 11.8. The molecule has 7 aromatic rings. The number of aromatic nitrogens is 3. The minimum Gasteiger partial charge on any atom is -0.208 e. The molecule has 2 bridgehead atoms. The number of nitriles is 1. The third-order valence-electron chi connectivity index (χ3n) is 11.7. The summed E-state index contributed by atoms with van der Waals surface area (Å²) in [4.78, 5) is 15.2. The summed E-state index contributed by atoms with van der Waals surface area (Å²) in [6.07, 6.45) is 6.65. The molecule has 1 heterocycles. The zero-order valence-electron chi connectivity index (χ0n) is 30.3. The Morgan fingerprint density at radius 1 is 0.491 bits per heavy atom. The van der Waals surface area contributed by atoms with Gasteiger partial charge in [0, 0.05) is 16.7 Å². The average Bonchev–Trinajstić information content (AvgIpc) is 3.20. The van der Waals surface area contributed by atoms with E-state index in [0.29, 0.717) is 23.0 Å². The van der Waals surface area contributed by atoms with E-state index in [9.17, 15) is 5.26 Å². The largest absolute Gasteiger partial charge is 0.208 e. The fourth-order valence-electron chi connectivity index (χ4n) is 9.60. The fraction of sp³-hybridized carbons (Fsp3) is 0.224. The maximum atomic E-state index is 9.63. The summed E-state index contributed by atoms with van der Waals surface area (Å²) in [5.41, 5.74) is 9.68. The maximum absolute atomic E-state index is 9.63. The highest BCUT2D eigenvalue weighted by Crippen LogP contribution is 2.54. The van der Waals surface area contributed by atoms with Crippen molar-refractivity contribution in [2.75, 3.05) is 0 Å².